The minimum absolute atomic E-state index is 0.0795. The van der Waals surface area contributed by atoms with E-state index in [4.69, 9.17) is 18.0 Å². The molecule has 0 atom stereocenters. The molecular formula is C19H15N4O5S2+. The van der Waals surface area contributed by atoms with E-state index in [0.29, 0.717) is 16.5 Å². The van der Waals surface area contributed by atoms with Crippen LogP contribution in [0.15, 0.2) is 57.6 Å². The summed E-state index contributed by atoms with van der Waals surface area (Å²) < 4.78 is 32.0. The minimum Gasteiger partial charge on any atom is -0.490 e. The average Bonchev–Trinajstić information content (AvgIpc) is 2.68. The summed E-state index contributed by atoms with van der Waals surface area (Å²) in [6, 6.07) is 10.1. The van der Waals surface area contributed by atoms with Gasteiger partial charge >= 0.3 is 6.41 Å². The number of hydrogen-bond acceptors (Lipinski definition) is 7. The summed E-state index contributed by atoms with van der Waals surface area (Å²) in [6.07, 6.45) is 1.49. The summed E-state index contributed by atoms with van der Waals surface area (Å²) in [4.78, 5) is 10.2. The van der Waals surface area contributed by atoms with E-state index >= 15 is 0 Å². The van der Waals surface area contributed by atoms with Crippen molar-refractivity contribution in [2.75, 3.05) is 11.1 Å². The number of nitrogens with one attached hydrogen (secondary N) is 1. The zero-order valence-electron chi connectivity index (χ0n) is 15.4. The van der Waals surface area contributed by atoms with Crippen LogP contribution in [0.2, 0.25) is 0 Å². The van der Waals surface area contributed by atoms with Gasteiger partial charge in [0.15, 0.2) is 4.99 Å². The van der Waals surface area contributed by atoms with Gasteiger partial charge in [0.05, 0.1) is 16.3 Å². The Morgan fingerprint density at radius 2 is 1.97 bits per heavy atom. The second-order valence-corrected chi connectivity index (χ2v) is 8.05. The number of nitrogen functional groups attached to an aromatic ring is 1. The van der Waals surface area contributed by atoms with Crippen molar-refractivity contribution in [1.82, 2.24) is 0 Å². The van der Waals surface area contributed by atoms with E-state index in [0.717, 1.165) is 17.7 Å². The number of nitrogens with two attached hydrogens (primary N) is 1. The summed E-state index contributed by atoms with van der Waals surface area (Å²) in [6.45, 7) is 1.81. The topological polar surface area (TPSA) is 154 Å². The summed E-state index contributed by atoms with van der Waals surface area (Å²) in [7, 11) is -4.45. The number of nitrogens with zero attached hydrogens (tertiary/aromatic N) is 2. The molecule has 9 nitrogen and oxygen atoms in total. The Morgan fingerprint density at radius 1 is 1.23 bits per heavy atom. The summed E-state index contributed by atoms with van der Waals surface area (Å²) in [5.41, 5.74) is 7.26. The Morgan fingerprint density at radius 3 is 2.63 bits per heavy atom. The number of phenols is 1. The van der Waals surface area contributed by atoms with Crippen molar-refractivity contribution in [3.8, 4) is 5.75 Å². The lowest BCUT2D eigenvalue weighted by Crippen LogP contribution is -2.04. The van der Waals surface area contributed by atoms with E-state index < -0.39 is 10.1 Å². The van der Waals surface area contributed by atoms with Crippen molar-refractivity contribution in [3.63, 3.8) is 0 Å². The zero-order chi connectivity index (χ0) is 22.1. The molecular weight excluding hydrogens is 428 g/mol. The lowest BCUT2D eigenvalue weighted by Gasteiger charge is -2.07. The number of carbonyl (C=O) groups excluding carboxylic acids is 1. The molecule has 0 saturated heterocycles. The molecule has 0 aliphatic rings. The first-order chi connectivity index (χ1) is 14.1. The highest BCUT2D eigenvalue weighted by Crippen LogP contribution is 2.41. The van der Waals surface area contributed by atoms with Crippen molar-refractivity contribution in [1.29, 1.82) is 0 Å². The first kappa shape index (κ1) is 21.2. The van der Waals surface area contributed by atoms with Crippen LogP contribution < -0.4 is 11.1 Å². The van der Waals surface area contributed by atoms with Gasteiger partial charge in [-0.2, -0.15) is 8.42 Å². The fourth-order valence-corrected chi connectivity index (χ4v) is 3.62. The molecule has 0 aliphatic heterocycles. The molecule has 0 radical (unpaired) electrons. The van der Waals surface area contributed by atoms with E-state index in [1.807, 2.05) is 13.0 Å². The van der Waals surface area contributed by atoms with Crippen LogP contribution in [-0.4, -0.2) is 29.5 Å². The molecule has 0 aromatic heterocycles. The number of fused-ring (bicyclic) bond motifs is 1. The minimum atomic E-state index is -4.45. The molecule has 0 unspecified atom stereocenters. The van der Waals surface area contributed by atoms with E-state index in [1.165, 1.54) is 18.5 Å². The fraction of sp³-hybridized carbons (Fsp3) is 0.0526. The van der Waals surface area contributed by atoms with Crippen LogP contribution in [0.1, 0.15) is 11.1 Å². The smallest absolute Gasteiger partial charge is 0.458 e. The maximum absolute atomic E-state index is 11.4. The largest absolute Gasteiger partial charge is 0.490 e. The Kier molecular flexibility index (Phi) is 5.72. The van der Waals surface area contributed by atoms with Crippen molar-refractivity contribution in [3.05, 3.63) is 53.6 Å². The van der Waals surface area contributed by atoms with E-state index in [-0.39, 0.29) is 32.6 Å². The normalized spacial score (nSPS) is 11.5. The van der Waals surface area contributed by atoms with Gasteiger partial charge in [-0.15, -0.1) is 15.5 Å². The maximum Gasteiger partial charge on any atom is 0.458 e. The van der Waals surface area contributed by atoms with Crippen molar-refractivity contribution < 1.29 is 22.9 Å². The number of aryl methyl sites for hydroxylation is 1. The predicted octanol–water partition coefficient (Wildman–Crippen LogP) is 3.62. The first-order valence-corrected chi connectivity index (χ1v) is 10.2. The number of phenolic OH excluding ortho intramolecular Hbond substituents is 1. The monoisotopic (exact) mass is 443 g/mol. The van der Waals surface area contributed by atoms with E-state index in [1.54, 1.807) is 12.1 Å². The van der Waals surface area contributed by atoms with Gasteiger partial charge in [-0.3, -0.25) is 4.55 Å². The molecule has 152 valence electrons. The van der Waals surface area contributed by atoms with E-state index in [9.17, 15) is 22.9 Å². The second kappa shape index (κ2) is 8.09. The molecule has 5 N–H and O–H groups in total. The Balaban J connectivity index is 2.11. The average molecular weight is 443 g/mol. The van der Waals surface area contributed by atoms with Crippen LogP contribution in [0.25, 0.3) is 10.8 Å². The zero-order valence-corrected chi connectivity index (χ0v) is 17.1. The van der Waals surface area contributed by atoms with Gasteiger partial charge in [0.1, 0.15) is 5.69 Å². The molecule has 0 bridgehead atoms. The molecule has 0 saturated carbocycles. The van der Waals surface area contributed by atoms with Crippen molar-refractivity contribution in [2.45, 2.75) is 11.8 Å². The summed E-state index contributed by atoms with van der Waals surface area (Å²) in [5, 5.41) is 21.8. The summed E-state index contributed by atoms with van der Waals surface area (Å²) in [5.74, 6) is -0.149. The SMILES string of the molecule is Cc1cccc2c(O)c(N[C+]=O)cc(N=NC(=S)c3cc(S(=O)(=O)O)ccc3N)c12. The van der Waals surface area contributed by atoms with Gasteiger partial charge in [-0.25, -0.2) is 0 Å². The molecule has 30 heavy (non-hydrogen) atoms. The van der Waals surface area contributed by atoms with Crippen LogP contribution in [0, 0.1) is 6.92 Å². The molecule has 3 aromatic rings. The van der Waals surface area contributed by atoms with Crippen LogP contribution in [0.3, 0.4) is 0 Å². The number of thiocarbonyl (C=S) groups is 1. The molecule has 11 heteroatoms. The van der Waals surface area contributed by atoms with Gasteiger partial charge in [-0.05, 0) is 36.8 Å². The molecule has 0 fully saturated rings. The van der Waals surface area contributed by atoms with Crippen molar-refractivity contribution in [2.24, 2.45) is 10.2 Å². The van der Waals surface area contributed by atoms with Gasteiger partial charge < -0.3 is 10.8 Å². The Bertz CT molecular complexity index is 1320. The lowest BCUT2D eigenvalue weighted by molar-refractivity contribution is 0.482. The third kappa shape index (κ3) is 4.09. The quantitative estimate of drug-likeness (QED) is 0.0893. The Hall–Kier alpha value is -3.50. The number of aromatic hydroxyl groups is 1. The molecule has 0 spiro atoms. The third-order valence-electron chi connectivity index (χ3n) is 4.31. The standard InChI is InChI=1S/C19H14N4O5S2/c1-10-3-2-4-12-17(10)15(8-16(18(12)25)21-9-24)22-23-19(29)13-7-11(30(26,27)28)5-6-14(13)20/h2-8H,1H3,(H4-,20,21,22,23,24,25,26,27,28,29)/p+1. The first-order valence-electron chi connectivity index (χ1n) is 8.35. The van der Waals surface area contributed by atoms with Crippen LogP contribution >= 0.6 is 12.2 Å². The second-order valence-electron chi connectivity index (χ2n) is 6.25. The molecule has 0 heterocycles. The lowest BCUT2D eigenvalue weighted by atomic mass is 10.0. The number of rotatable bonds is 5. The number of benzene rings is 3. The number of amides is 1. The maximum atomic E-state index is 11.4. The number of hydrogen-bond donors (Lipinski definition) is 4. The van der Waals surface area contributed by atoms with Gasteiger partial charge in [-0.1, -0.05) is 29.1 Å². The van der Waals surface area contributed by atoms with E-state index in [2.05, 4.69) is 15.5 Å². The summed E-state index contributed by atoms with van der Waals surface area (Å²) >= 11 is 5.21. The highest BCUT2D eigenvalue weighted by molar-refractivity contribution is 7.85. The van der Waals surface area contributed by atoms with Crippen LogP contribution in [0.5, 0.6) is 5.75 Å². The van der Waals surface area contributed by atoms with Crippen LogP contribution in [-0.2, 0) is 14.9 Å². The van der Waals surface area contributed by atoms with Crippen LogP contribution in [0.4, 0.5) is 17.1 Å². The van der Waals surface area contributed by atoms with Gasteiger partial charge in [0, 0.05) is 16.6 Å². The molecule has 3 rings (SSSR count). The van der Waals surface area contributed by atoms with Crippen molar-refractivity contribution >= 4 is 61.6 Å². The highest BCUT2D eigenvalue weighted by Gasteiger charge is 2.20. The van der Waals surface area contributed by atoms with Gasteiger partial charge in [0.2, 0.25) is 11.4 Å². The predicted molar refractivity (Wildman–Crippen MR) is 117 cm³/mol. The third-order valence-corrected chi connectivity index (χ3v) is 5.46. The highest BCUT2D eigenvalue weighted by atomic mass is 32.2. The van der Waals surface area contributed by atoms with Gasteiger partial charge in [0.25, 0.3) is 10.1 Å². The molecule has 3 aromatic carbocycles. The Labute approximate surface area is 177 Å². The molecule has 0 aliphatic carbocycles. The number of azo groups is 1. The number of anilines is 2. The fourth-order valence-electron chi connectivity index (χ4n) is 2.89. The molecule has 1 amide bonds.